The summed E-state index contributed by atoms with van der Waals surface area (Å²) in [6.07, 6.45) is 0. The van der Waals surface area contributed by atoms with Crippen LogP contribution in [0, 0.1) is 0 Å². The molecule has 0 bridgehead atoms. The van der Waals surface area contributed by atoms with E-state index in [1.54, 1.807) is 0 Å². The van der Waals surface area contributed by atoms with E-state index in [1.165, 1.54) is 38.5 Å². The van der Waals surface area contributed by atoms with E-state index in [-0.39, 0.29) is 45.3 Å². The molecule has 6 nitrogen and oxygen atoms in total. The van der Waals surface area contributed by atoms with Crippen LogP contribution in [0.15, 0.2) is 24.3 Å². The third kappa shape index (κ3) is 1.81. The Morgan fingerprint density at radius 2 is 1.50 bits per heavy atom. The molecule has 2 N–H and O–H groups in total. The minimum absolute atomic E-state index is 0.0262. The number of aromatic hydroxyl groups is 2. The van der Waals surface area contributed by atoms with Gasteiger partial charge in [0.1, 0.15) is 23.0 Å². The highest BCUT2D eigenvalue weighted by Crippen LogP contribution is 2.40. The molecule has 112 valence electrons. The van der Waals surface area contributed by atoms with Gasteiger partial charge in [-0.1, -0.05) is 0 Å². The van der Waals surface area contributed by atoms with Gasteiger partial charge in [-0.15, -0.1) is 0 Å². The van der Waals surface area contributed by atoms with Crippen molar-refractivity contribution in [1.29, 1.82) is 0 Å². The molecule has 2 aromatic rings. The normalized spacial score (nSPS) is 12.6. The standard InChI is InChI=1S/C16H12O6/c1-21-8-5-10-13(11(18)6-8)16(20)14-9(15(10)19)3-7(17)4-12(14)22-2/h3-6,17-18H,1-2H3. The number of ether oxygens (including phenoxy) is 2. The third-order valence-corrected chi connectivity index (χ3v) is 3.58. The number of hydrogen-bond donors (Lipinski definition) is 2. The molecule has 0 radical (unpaired) electrons. The SMILES string of the molecule is COc1cc(O)c2c(c1)C(=O)c1cc(O)cc(OC)c1C2=O. The second-order valence-electron chi connectivity index (χ2n) is 4.80. The number of hydrogen-bond acceptors (Lipinski definition) is 6. The molecule has 2 aromatic carbocycles. The number of phenolic OH excluding ortho intramolecular Hbond substituents is 2. The van der Waals surface area contributed by atoms with Crippen molar-refractivity contribution in [2.45, 2.75) is 0 Å². The first-order valence-electron chi connectivity index (χ1n) is 6.39. The fourth-order valence-electron chi connectivity index (χ4n) is 2.58. The highest BCUT2D eigenvalue weighted by molar-refractivity contribution is 6.30. The van der Waals surface area contributed by atoms with Crippen LogP contribution in [0.1, 0.15) is 31.8 Å². The van der Waals surface area contributed by atoms with E-state index in [0.29, 0.717) is 0 Å². The summed E-state index contributed by atoms with van der Waals surface area (Å²) in [6, 6.07) is 5.10. The van der Waals surface area contributed by atoms with Gasteiger partial charge >= 0.3 is 0 Å². The van der Waals surface area contributed by atoms with Gasteiger partial charge in [0.05, 0.1) is 25.3 Å². The molecule has 0 unspecified atom stereocenters. The lowest BCUT2D eigenvalue weighted by Crippen LogP contribution is -2.22. The van der Waals surface area contributed by atoms with Crippen LogP contribution >= 0.6 is 0 Å². The number of benzene rings is 2. The monoisotopic (exact) mass is 300 g/mol. The van der Waals surface area contributed by atoms with Gasteiger partial charge in [-0.25, -0.2) is 0 Å². The lowest BCUT2D eigenvalue weighted by atomic mass is 9.82. The lowest BCUT2D eigenvalue weighted by molar-refractivity contribution is 0.0973. The van der Waals surface area contributed by atoms with Crippen molar-refractivity contribution < 1.29 is 29.3 Å². The minimum atomic E-state index is -0.540. The Kier molecular flexibility index (Phi) is 3.02. The second-order valence-corrected chi connectivity index (χ2v) is 4.80. The molecule has 0 atom stereocenters. The Bertz CT molecular complexity index is 818. The predicted molar refractivity (Wildman–Crippen MR) is 76.2 cm³/mol. The first-order valence-corrected chi connectivity index (χ1v) is 6.39. The Hall–Kier alpha value is -3.02. The van der Waals surface area contributed by atoms with Crippen molar-refractivity contribution in [3.05, 3.63) is 46.5 Å². The van der Waals surface area contributed by atoms with Gasteiger partial charge in [-0.2, -0.15) is 0 Å². The van der Waals surface area contributed by atoms with Gasteiger partial charge in [-0.3, -0.25) is 9.59 Å². The number of phenols is 2. The maximum Gasteiger partial charge on any atom is 0.201 e. The average Bonchev–Trinajstić information content (AvgIpc) is 2.50. The van der Waals surface area contributed by atoms with Crippen LogP contribution in [-0.2, 0) is 0 Å². The van der Waals surface area contributed by atoms with Crippen molar-refractivity contribution in [3.63, 3.8) is 0 Å². The summed E-state index contributed by atoms with van der Waals surface area (Å²) in [5, 5.41) is 19.7. The number of methoxy groups -OCH3 is 2. The molecule has 22 heavy (non-hydrogen) atoms. The minimum Gasteiger partial charge on any atom is -0.508 e. The molecule has 0 amide bonds. The molecule has 3 rings (SSSR count). The number of carbonyl (C=O) groups is 2. The van der Waals surface area contributed by atoms with Crippen LogP contribution in [0.4, 0.5) is 0 Å². The molecule has 0 heterocycles. The van der Waals surface area contributed by atoms with Crippen molar-refractivity contribution in [3.8, 4) is 23.0 Å². The summed E-state index contributed by atoms with van der Waals surface area (Å²) in [5.74, 6) is -1.22. The van der Waals surface area contributed by atoms with E-state index in [2.05, 4.69) is 0 Å². The predicted octanol–water partition coefficient (Wildman–Crippen LogP) is 1.89. The molecule has 0 spiro atoms. The fourth-order valence-corrected chi connectivity index (χ4v) is 2.58. The molecule has 0 aromatic heterocycles. The molecular weight excluding hydrogens is 288 g/mol. The Morgan fingerprint density at radius 3 is 2.14 bits per heavy atom. The van der Waals surface area contributed by atoms with E-state index < -0.39 is 11.6 Å². The van der Waals surface area contributed by atoms with Gasteiger partial charge < -0.3 is 19.7 Å². The van der Waals surface area contributed by atoms with Crippen molar-refractivity contribution in [2.24, 2.45) is 0 Å². The number of rotatable bonds is 2. The number of carbonyl (C=O) groups excluding carboxylic acids is 2. The van der Waals surface area contributed by atoms with Crippen LogP contribution in [0.2, 0.25) is 0 Å². The van der Waals surface area contributed by atoms with Crippen LogP contribution < -0.4 is 9.47 Å². The molecule has 6 heteroatoms. The summed E-state index contributed by atoms with van der Waals surface area (Å²) in [4.78, 5) is 25.3. The number of ketones is 2. The van der Waals surface area contributed by atoms with Crippen molar-refractivity contribution in [2.75, 3.05) is 14.2 Å². The maximum atomic E-state index is 12.7. The van der Waals surface area contributed by atoms with E-state index in [9.17, 15) is 19.8 Å². The maximum absolute atomic E-state index is 12.7. The van der Waals surface area contributed by atoms with E-state index in [4.69, 9.17) is 9.47 Å². The molecule has 1 aliphatic rings. The van der Waals surface area contributed by atoms with Crippen LogP contribution in [0.5, 0.6) is 23.0 Å². The van der Waals surface area contributed by atoms with E-state index in [0.717, 1.165) is 0 Å². The van der Waals surface area contributed by atoms with Crippen LogP contribution in [0.3, 0.4) is 0 Å². The molecular formula is C16H12O6. The largest absolute Gasteiger partial charge is 0.508 e. The van der Waals surface area contributed by atoms with Gasteiger partial charge in [0.2, 0.25) is 5.78 Å². The third-order valence-electron chi connectivity index (χ3n) is 3.58. The molecule has 0 saturated carbocycles. The average molecular weight is 300 g/mol. The van der Waals surface area contributed by atoms with E-state index in [1.807, 2.05) is 0 Å². The quantitative estimate of drug-likeness (QED) is 0.750. The van der Waals surface area contributed by atoms with Crippen LogP contribution in [0.25, 0.3) is 0 Å². The van der Waals surface area contributed by atoms with Gasteiger partial charge in [0, 0.05) is 23.3 Å². The topological polar surface area (TPSA) is 93.1 Å². The fraction of sp³-hybridized carbons (Fsp3) is 0.125. The van der Waals surface area contributed by atoms with Gasteiger partial charge in [0.15, 0.2) is 5.78 Å². The zero-order valence-electron chi connectivity index (χ0n) is 11.8. The molecule has 1 aliphatic carbocycles. The summed E-state index contributed by atoms with van der Waals surface area (Å²) in [6.45, 7) is 0. The number of fused-ring (bicyclic) bond motifs is 2. The Labute approximate surface area is 125 Å². The van der Waals surface area contributed by atoms with Crippen molar-refractivity contribution in [1.82, 2.24) is 0 Å². The zero-order chi connectivity index (χ0) is 16.0. The highest BCUT2D eigenvalue weighted by Gasteiger charge is 2.35. The Balaban J connectivity index is 2.35. The highest BCUT2D eigenvalue weighted by atomic mass is 16.5. The first kappa shape index (κ1) is 13.9. The second kappa shape index (κ2) is 4.77. The molecule has 0 aliphatic heterocycles. The summed E-state index contributed by atoms with van der Waals surface area (Å²) in [7, 11) is 2.72. The smallest absolute Gasteiger partial charge is 0.201 e. The van der Waals surface area contributed by atoms with Gasteiger partial charge in [0.25, 0.3) is 0 Å². The Morgan fingerprint density at radius 1 is 0.818 bits per heavy atom. The first-order chi connectivity index (χ1) is 10.5. The zero-order valence-corrected chi connectivity index (χ0v) is 11.8. The van der Waals surface area contributed by atoms with Crippen LogP contribution in [-0.4, -0.2) is 36.0 Å². The van der Waals surface area contributed by atoms with Gasteiger partial charge in [-0.05, 0) is 12.1 Å². The summed E-state index contributed by atoms with van der Waals surface area (Å²) >= 11 is 0. The summed E-state index contributed by atoms with van der Waals surface area (Å²) < 4.78 is 10.1. The van der Waals surface area contributed by atoms with Crippen molar-refractivity contribution >= 4 is 11.6 Å². The summed E-state index contributed by atoms with van der Waals surface area (Å²) in [5.41, 5.74) is -0.00966. The van der Waals surface area contributed by atoms with E-state index >= 15 is 0 Å². The lowest BCUT2D eigenvalue weighted by Gasteiger charge is -2.21. The molecule has 0 saturated heterocycles. The molecule has 0 fully saturated rings.